The van der Waals surface area contributed by atoms with Crippen molar-refractivity contribution in [2.45, 2.75) is 20.4 Å². The van der Waals surface area contributed by atoms with E-state index in [1.165, 1.54) is 4.68 Å². The smallest absolute Gasteiger partial charge is 0.269 e. The standard InChI is InChI=1S/C15H18ClN3O/c1-11(2)8-17-13-7-15(20)19(18-9-13)10-12-5-3-4-6-14(12)16/h3-7,9,11,17H,8,10H2,1-2H3. The van der Waals surface area contributed by atoms with Gasteiger partial charge in [-0.25, -0.2) is 4.68 Å². The Morgan fingerprint density at radius 3 is 2.75 bits per heavy atom. The second kappa shape index (κ2) is 6.57. The second-order valence-electron chi connectivity index (χ2n) is 5.11. The maximum atomic E-state index is 12.0. The molecule has 0 amide bonds. The van der Waals surface area contributed by atoms with Gasteiger partial charge in [0.15, 0.2) is 0 Å². The second-order valence-corrected chi connectivity index (χ2v) is 5.51. The first kappa shape index (κ1) is 14.6. The minimum absolute atomic E-state index is 0.140. The van der Waals surface area contributed by atoms with Crippen molar-refractivity contribution in [1.29, 1.82) is 0 Å². The molecule has 1 heterocycles. The van der Waals surface area contributed by atoms with E-state index >= 15 is 0 Å². The number of rotatable bonds is 5. The third-order valence-electron chi connectivity index (χ3n) is 2.86. The predicted octanol–water partition coefficient (Wildman–Crippen LogP) is 3.01. The number of halogens is 1. The molecule has 5 heteroatoms. The highest BCUT2D eigenvalue weighted by Crippen LogP contribution is 2.15. The van der Waals surface area contributed by atoms with Crippen LogP contribution in [0.1, 0.15) is 19.4 Å². The van der Waals surface area contributed by atoms with Crippen LogP contribution in [0.15, 0.2) is 41.3 Å². The molecule has 1 aromatic carbocycles. The van der Waals surface area contributed by atoms with Crippen LogP contribution in [0.25, 0.3) is 0 Å². The molecule has 106 valence electrons. The minimum atomic E-state index is -0.140. The Bertz CT molecular complexity index is 637. The summed E-state index contributed by atoms with van der Waals surface area (Å²) in [6.07, 6.45) is 1.67. The fourth-order valence-electron chi connectivity index (χ4n) is 1.76. The SMILES string of the molecule is CC(C)CNc1cnn(Cc2ccccc2Cl)c(=O)c1. The van der Waals surface area contributed by atoms with Crippen LogP contribution < -0.4 is 10.9 Å². The third kappa shape index (κ3) is 3.84. The molecule has 0 spiro atoms. The average molecular weight is 292 g/mol. The number of hydrogen-bond donors (Lipinski definition) is 1. The van der Waals surface area contributed by atoms with E-state index in [1.54, 1.807) is 18.3 Å². The first-order valence-electron chi connectivity index (χ1n) is 6.60. The first-order valence-corrected chi connectivity index (χ1v) is 6.98. The topological polar surface area (TPSA) is 46.9 Å². The van der Waals surface area contributed by atoms with Gasteiger partial charge in [-0.2, -0.15) is 5.10 Å². The van der Waals surface area contributed by atoms with E-state index in [1.807, 2.05) is 18.2 Å². The van der Waals surface area contributed by atoms with E-state index < -0.39 is 0 Å². The van der Waals surface area contributed by atoms with Crippen molar-refractivity contribution in [3.05, 3.63) is 57.5 Å². The molecule has 0 aliphatic heterocycles. The number of nitrogens with one attached hydrogen (secondary N) is 1. The highest BCUT2D eigenvalue weighted by molar-refractivity contribution is 6.31. The van der Waals surface area contributed by atoms with Crippen molar-refractivity contribution in [1.82, 2.24) is 9.78 Å². The van der Waals surface area contributed by atoms with E-state index in [0.29, 0.717) is 17.5 Å². The zero-order chi connectivity index (χ0) is 14.5. The monoisotopic (exact) mass is 291 g/mol. The number of aromatic nitrogens is 2. The third-order valence-corrected chi connectivity index (χ3v) is 3.23. The lowest BCUT2D eigenvalue weighted by molar-refractivity contribution is 0.637. The van der Waals surface area contributed by atoms with Gasteiger partial charge in [-0.3, -0.25) is 4.79 Å². The molecule has 2 rings (SSSR count). The summed E-state index contributed by atoms with van der Waals surface area (Å²) in [4.78, 5) is 12.0. The molecule has 2 aromatic rings. The highest BCUT2D eigenvalue weighted by atomic mass is 35.5. The van der Waals surface area contributed by atoms with E-state index in [4.69, 9.17) is 11.6 Å². The van der Waals surface area contributed by atoms with Crippen molar-refractivity contribution in [3.8, 4) is 0 Å². The van der Waals surface area contributed by atoms with Crippen molar-refractivity contribution in [2.24, 2.45) is 5.92 Å². The van der Waals surface area contributed by atoms with Crippen molar-refractivity contribution >= 4 is 17.3 Å². The van der Waals surface area contributed by atoms with E-state index in [-0.39, 0.29) is 5.56 Å². The van der Waals surface area contributed by atoms with Gasteiger partial charge in [0.05, 0.1) is 18.4 Å². The quantitative estimate of drug-likeness (QED) is 0.921. The van der Waals surface area contributed by atoms with Crippen LogP contribution in [0.4, 0.5) is 5.69 Å². The van der Waals surface area contributed by atoms with Gasteiger partial charge in [0.1, 0.15) is 0 Å². The van der Waals surface area contributed by atoms with Crippen molar-refractivity contribution in [2.75, 3.05) is 11.9 Å². The summed E-state index contributed by atoms with van der Waals surface area (Å²) in [5.74, 6) is 0.514. The normalized spacial score (nSPS) is 10.8. The summed E-state index contributed by atoms with van der Waals surface area (Å²) in [6, 6.07) is 9.01. The van der Waals surface area contributed by atoms with Gasteiger partial charge in [0.2, 0.25) is 0 Å². The largest absolute Gasteiger partial charge is 0.383 e. The molecule has 0 bridgehead atoms. The molecule has 20 heavy (non-hydrogen) atoms. The van der Waals surface area contributed by atoms with Gasteiger partial charge >= 0.3 is 0 Å². The van der Waals surface area contributed by atoms with Crippen LogP contribution in [0.3, 0.4) is 0 Å². The average Bonchev–Trinajstić information content (AvgIpc) is 2.41. The lowest BCUT2D eigenvalue weighted by atomic mass is 10.2. The van der Waals surface area contributed by atoms with Gasteiger partial charge in [0.25, 0.3) is 5.56 Å². The molecule has 1 N–H and O–H groups in total. The van der Waals surface area contributed by atoms with Gasteiger partial charge in [-0.15, -0.1) is 0 Å². The molecule has 0 fully saturated rings. The molecule has 1 aromatic heterocycles. The van der Waals surface area contributed by atoms with E-state index in [0.717, 1.165) is 17.8 Å². The fourth-order valence-corrected chi connectivity index (χ4v) is 1.95. The lowest BCUT2D eigenvalue weighted by Gasteiger charge is -2.10. The molecule has 0 unspecified atom stereocenters. The Morgan fingerprint density at radius 1 is 1.35 bits per heavy atom. The van der Waals surface area contributed by atoms with E-state index in [2.05, 4.69) is 24.3 Å². The fraction of sp³-hybridized carbons (Fsp3) is 0.333. The zero-order valence-electron chi connectivity index (χ0n) is 11.6. The number of nitrogens with zero attached hydrogens (tertiary/aromatic N) is 2. The summed E-state index contributed by atoms with van der Waals surface area (Å²) in [7, 11) is 0. The number of benzene rings is 1. The van der Waals surface area contributed by atoms with Crippen LogP contribution in [-0.2, 0) is 6.54 Å². The van der Waals surface area contributed by atoms with Crippen molar-refractivity contribution in [3.63, 3.8) is 0 Å². The summed E-state index contributed by atoms with van der Waals surface area (Å²) in [5, 5.41) is 8.00. The molecule has 0 aliphatic rings. The summed E-state index contributed by atoms with van der Waals surface area (Å²) >= 11 is 6.09. The van der Waals surface area contributed by atoms with E-state index in [9.17, 15) is 4.79 Å². The lowest BCUT2D eigenvalue weighted by Crippen LogP contribution is -2.23. The van der Waals surface area contributed by atoms with Crippen LogP contribution in [-0.4, -0.2) is 16.3 Å². The highest BCUT2D eigenvalue weighted by Gasteiger charge is 2.04. The number of hydrogen-bond acceptors (Lipinski definition) is 3. The maximum absolute atomic E-state index is 12.0. The summed E-state index contributed by atoms with van der Waals surface area (Å²) in [6.45, 7) is 5.41. The Hall–Kier alpha value is -1.81. The maximum Gasteiger partial charge on any atom is 0.269 e. The van der Waals surface area contributed by atoms with Gasteiger partial charge in [-0.05, 0) is 17.5 Å². The van der Waals surface area contributed by atoms with Crippen LogP contribution in [0.2, 0.25) is 5.02 Å². The van der Waals surface area contributed by atoms with Crippen LogP contribution in [0, 0.1) is 5.92 Å². The summed E-state index contributed by atoms with van der Waals surface area (Å²) < 4.78 is 1.40. The Kier molecular flexibility index (Phi) is 4.79. The van der Waals surface area contributed by atoms with Gasteiger partial charge in [-0.1, -0.05) is 43.6 Å². The molecule has 0 saturated carbocycles. The molecule has 4 nitrogen and oxygen atoms in total. The molecule has 0 atom stereocenters. The molecular weight excluding hydrogens is 274 g/mol. The predicted molar refractivity (Wildman–Crippen MR) is 82.4 cm³/mol. The van der Waals surface area contributed by atoms with Crippen LogP contribution in [0.5, 0.6) is 0 Å². The Labute approximate surface area is 123 Å². The number of anilines is 1. The first-order chi connectivity index (χ1) is 9.56. The minimum Gasteiger partial charge on any atom is -0.383 e. The van der Waals surface area contributed by atoms with Gasteiger partial charge < -0.3 is 5.32 Å². The molecular formula is C15H18ClN3O. The van der Waals surface area contributed by atoms with Crippen LogP contribution >= 0.6 is 11.6 Å². The Morgan fingerprint density at radius 2 is 2.10 bits per heavy atom. The zero-order valence-corrected chi connectivity index (χ0v) is 12.4. The molecule has 0 aliphatic carbocycles. The Balaban J connectivity index is 2.14. The molecule has 0 radical (unpaired) electrons. The van der Waals surface area contributed by atoms with Gasteiger partial charge in [0, 0.05) is 17.6 Å². The summed E-state index contributed by atoms with van der Waals surface area (Å²) in [5.41, 5.74) is 1.49. The molecule has 0 saturated heterocycles. The van der Waals surface area contributed by atoms with Crippen molar-refractivity contribution < 1.29 is 0 Å².